The van der Waals surface area contributed by atoms with Crippen molar-refractivity contribution in [2.75, 3.05) is 30.3 Å². The molecule has 1 aliphatic heterocycles. The summed E-state index contributed by atoms with van der Waals surface area (Å²) in [6.07, 6.45) is 6.10. The third-order valence-corrected chi connectivity index (χ3v) is 5.48. The molecule has 1 fully saturated rings. The number of rotatable bonds is 7. The van der Waals surface area contributed by atoms with E-state index >= 15 is 0 Å². The van der Waals surface area contributed by atoms with Gasteiger partial charge in [0.25, 0.3) is 0 Å². The van der Waals surface area contributed by atoms with Crippen LogP contribution in [0, 0.1) is 5.92 Å². The summed E-state index contributed by atoms with van der Waals surface area (Å²) in [6, 6.07) is 5.97. The first-order chi connectivity index (χ1) is 14.1. The first-order valence-electron chi connectivity index (χ1n) is 10.3. The molecule has 1 aliphatic rings. The van der Waals surface area contributed by atoms with E-state index < -0.39 is 0 Å². The maximum Gasteiger partial charge on any atom is 0.163 e. The van der Waals surface area contributed by atoms with Crippen LogP contribution in [-0.2, 0) is 6.54 Å². The molecule has 8 nitrogen and oxygen atoms in total. The van der Waals surface area contributed by atoms with Crippen molar-refractivity contribution < 1.29 is 5.11 Å². The van der Waals surface area contributed by atoms with E-state index in [-0.39, 0.29) is 12.0 Å². The number of aliphatic hydroxyl groups excluding tert-OH is 1. The van der Waals surface area contributed by atoms with E-state index in [4.69, 9.17) is 4.98 Å². The fourth-order valence-electron chi connectivity index (χ4n) is 3.67. The summed E-state index contributed by atoms with van der Waals surface area (Å²) in [7, 11) is 0. The standard InChI is InChI=1S/C21H29N7O/c1-14(2)17-12-26-28-20(25-10-15-3-6-22-7-4-15)9-19(27-21(17)28)24-11-16-5-8-23-13-18(16)29/h3-4,6-7,9,12,14,16,18,23,25,29H,5,8,10-11,13H2,1-2H3,(H,24,27)/t16?,18-/m0/s1. The smallest absolute Gasteiger partial charge is 0.163 e. The number of nitrogens with zero attached hydrogens (tertiary/aromatic N) is 4. The van der Waals surface area contributed by atoms with E-state index in [0.717, 1.165) is 41.4 Å². The Labute approximate surface area is 170 Å². The van der Waals surface area contributed by atoms with Crippen LogP contribution < -0.4 is 16.0 Å². The maximum absolute atomic E-state index is 10.2. The number of hydrogen-bond donors (Lipinski definition) is 4. The normalized spacial score (nSPS) is 19.6. The first-order valence-corrected chi connectivity index (χ1v) is 10.3. The summed E-state index contributed by atoms with van der Waals surface area (Å²) in [5.41, 5.74) is 3.11. The van der Waals surface area contributed by atoms with Crippen LogP contribution in [0.4, 0.5) is 11.6 Å². The lowest BCUT2D eigenvalue weighted by Gasteiger charge is -2.28. The molecular weight excluding hydrogens is 366 g/mol. The van der Waals surface area contributed by atoms with Crippen molar-refractivity contribution in [3.63, 3.8) is 0 Å². The summed E-state index contributed by atoms with van der Waals surface area (Å²) >= 11 is 0. The third kappa shape index (κ3) is 4.49. The Hall–Kier alpha value is -2.71. The average molecular weight is 396 g/mol. The molecule has 29 heavy (non-hydrogen) atoms. The van der Waals surface area contributed by atoms with Gasteiger partial charge >= 0.3 is 0 Å². The van der Waals surface area contributed by atoms with Gasteiger partial charge in [-0.05, 0) is 36.6 Å². The number of anilines is 2. The molecule has 0 saturated carbocycles. The summed E-state index contributed by atoms with van der Waals surface area (Å²) in [4.78, 5) is 8.90. The van der Waals surface area contributed by atoms with Crippen molar-refractivity contribution in [3.05, 3.63) is 47.9 Å². The molecule has 4 rings (SSSR count). The Morgan fingerprint density at radius 3 is 2.86 bits per heavy atom. The van der Waals surface area contributed by atoms with Gasteiger partial charge in [-0.3, -0.25) is 4.98 Å². The number of aliphatic hydroxyl groups is 1. The van der Waals surface area contributed by atoms with E-state index in [2.05, 4.69) is 39.9 Å². The predicted molar refractivity (Wildman–Crippen MR) is 114 cm³/mol. The molecule has 8 heteroatoms. The van der Waals surface area contributed by atoms with Gasteiger partial charge in [-0.25, -0.2) is 4.98 Å². The molecule has 3 aromatic heterocycles. The number of pyridine rings is 1. The van der Waals surface area contributed by atoms with Gasteiger partial charge < -0.3 is 21.1 Å². The Morgan fingerprint density at radius 2 is 2.10 bits per heavy atom. The number of aromatic nitrogens is 4. The van der Waals surface area contributed by atoms with Crippen molar-refractivity contribution in [2.24, 2.45) is 5.92 Å². The first kappa shape index (κ1) is 19.6. The molecule has 4 heterocycles. The third-order valence-electron chi connectivity index (χ3n) is 5.48. The minimum absolute atomic E-state index is 0.219. The number of hydrogen-bond acceptors (Lipinski definition) is 7. The number of piperidine rings is 1. The minimum atomic E-state index is -0.328. The molecule has 0 spiro atoms. The molecule has 0 aromatic carbocycles. The van der Waals surface area contributed by atoms with Crippen molar-refractivity contribution in [2.45, 2.75) is 38.8 Å². The fraction of sp³-hybridized carbons (Fsp3) is 0.476. The van der Waals surface area contributed by atoms with Crippen LogP contribution in [0.25, 0.3) is 5.65 Å². The zero-order valence-electron chi connectivity index (χ0n) is 17.0. The van der Waals surface area contributed by atoms with E-state index in [1.54, 1.807) is 12.4 Å². The van der Waals surface area contributed by atoms with Gasteiger partial charge in [0.1, 0.15) is 11.6 Å². The van der Waals surface area contributed by atoms with E-state index in [0.29, 0.717) is 25.6 Å². The number of β-amino-alcohol motifs (C(OH)–C–C–N with tert-alkyl or cyclic N) is 1. The highest BCUT2D eigenvalue weighted by molar-refractivity contribution is 5.61. The van der Waals surface area contributed by atoms with Crippen LogP contribution in [0.1, 0.15) is 37.3 Å². The molecule has 0 bridgehead atoms. The molecule has 2 atom stereocenters. The Bertz CT molecular complexity index is 941. The van der Waals surface area contributed by atoms with Gasteiger partial charge in [0.15, 0.2) is 5.65 Å². The maximum atomic E-state index is 10.2. The molecule has 1 unspecified atom stereocenters. The van der Waals surface area contributed by atoms with Gasteiger partial charge in [0, 0.05) is 49.6 Å². The van der Waals surface area contributed by atoms with Gasteiger partial charge in [0.05, 0.1) is 12.3 Å². The van der Waals surface area contributed by atoms with Gasteiger partial charge in [0.2, 0.25) is 0 Å². The molecular formula is C21H29N7O. The van der Waals surface area contributed by atoms with Crippen molar-refractivity contribution in [3.8, 4) is 0 Å². The van der Waals surface area contributed by atoms with Gasteiger partial charge in [-0.1, -0.05) is 13.8 Å². The van der Waals surface area contributed by atoms with Crippen LogP contribution in [-0.4, -0.2) is 50.4 Å². The predicted octanol–water partition coefficient (Wildman–Crippen LogP) is 2.24. The molecule has 0 radical (unpaired) electrons. The van der Waals surface area contributed by atoms with Crippen molar-refractivity contribution >= 4 is 17.3 Å². The molecule has 3 aromatic rings. The Kier molecular flexibility index (Phi) is 5.92. The molecule has 0 amide bonds. The lowest BCUT2D eigenvalue weighted by Crippen LogP contribution is -2.43. The highest BCUT2D eigenvalue weighted by atomic mass is 16.3. The van der Waals surface area contributed by atoms with Crippen molar-refractivity contribution in [1.29, 1.82) is 0 Å². The summed E-state index contributed by atoms with van der Waals surface area (Å²) in [5, 5.41) is 24.9. The largest absolute Gasteiger partial charge is 0.391 e. The second-order valence-electron chi connectivity index (χ2n) is 7.93. The summed E-state index contributed by atoms with van der Waals surface area (Å²) < 4.78 is 1.86. The molecule has 4 N–H and O–H groups in total. The SMILES string of the molecule is CC(C)c1cnn2c(NCc3ccncc3)cc(NCC3CCNC[C@@H]3O)nc12. The zero-order chi connectivity index (χ0) is 20.2. The monoisotopic (exact) mass is 395 g/mol. The summed E-state index contributed by atoms with van der Waals surface area (Å²) in [6.45, 7) is 7.25. The Morgan fingerprint density at radius 1 is 1.28 bits per heavy atom. The topological polar surface area (TPSA) is 99.4 Å². The lowest BCUT2D eigenvalue weighted by molar-refractivity contribution is 0.0883. The lowest BCUT2D eigenvalue weighted by atomic mass is 9.95. The minimum Gasteiger partial charge on any atom is -0.391 e. The van der Waals surface area contributed by atoms with Gasteiger partial charge in [-0.2, -0.15) is 9.61 Å². The second kappa shape index (κ2) is 8.75. The number of nitrogens with one attached hydrogen (secondary N) is 3. The van der Waals surface area contributed by atoms with Crippen LogP contribution in [0.15, 0.2) is 36.8 Å². The zero-order valence-corrected chi connectivity index (χ0v) is 17.0. The highest BCUT2D eigenvalue weighted by Gasteiger charge is 2.23. The summed E-state index contributed by atoms with van der Waals surface area (Å²) in [5.74, 6) is 2.22. The van der Waals surface area contributed by atoms with Gasteiger partial charge in [-0.15, -0.1) is 0 Å². The van der Waals surface area contributed by atoms with Crippen LogP contribution in [0.3, 0.4) is 0 Å². The highest BCUT2D eigenvalue weighted by Crippen LogP contribution is 2.25. The average Bonchev–Trinajstić information content (AvgIpc) is 3.16. The molecule has 1 saturated heterocycles. The van der Waals surface area contributed by atoms with E-state index in [9.17, 15) is 5.11 Å². The van der Waals surface area contributed by atoms with Crippen molar-refractivity contribution in [1.82, 2.24) is 24.9 Å². The van der Waals surface area contributed by atoms with E-state index in [1.165, 1.54) is 0 Å². The van der Waals surface area contributed by atoms with E-state index in [1.807, 2.05) is 28.9 Å². The molecule has 154 valence electrons. The fourth-order valence-corrected chi connectivity index (χ4v) is 3.67. The van der Waals surface area contributed by atoms with Crippen LogP contribution >= 0.6 is 0 Å². The van der Waals surface area contributed by atoms with Crippen LogP contribution in [0.5, 0.6) is 0 Å². The quantitative estimate of drug-likeness (QED) is 0.487. The Balaban J connectivity index is 1.58. The second-order valence-corrected chi connectivity index (χ2v) is 7.93. The number of fused-ring (bicyclic) bond motifs is 1. The molecule has 0 aliphatic carbocycles. The van der Waals surface area contributed by atoms with Crippen LogP contribution in [0.2, 0.25) is 0 Å².